The highest BCUT2D eigenvalue weighted by Gasteiger charge is 2.21. The van der Waals surface area contributed by atoms with E-state index in [0.29, 0.717) is 18.5 Å². The molecule has 2 aromatic rings. The van der Waals surface area contributed by atoms with Gasteiger partial charge in [0.25, 0.3) is 0 Å². The third kappa shape index (κ3) is 3.83. The van der Waals surface area contributed by atoms with E-state index in [0.717, 1.165) is 17.2 Å². The van der Waals surface area contributed by atoms with Crippen LogP contribution in [0.3, 0.4) is 0 Å². The second-order valence-corrected chi connectivity index (χ2v) is 6.66. The Morgan fingerprint density at radius 2 is 1.92 bits per heavy atom. The van der Waals surface area contributed by atoms with Crippen molar-refractivity contribution >= 4 is 11.8 Å². The molecular weight excluding hydrogens is 298 g/mol. The predicted molar refractivity (Wildman–Crippen MR) is 98.3 cm³/mol. The molecule has 0 radical (unpaired) electrons. The lowest BCUT2D eigenvalue weighted by atomic mass is 9.94. The molecule has 0 amide bonds. The zero-order valence-electron chi connectivity index (χ0n) is 14.9. The molecule has 1 fully saturated rings. The number of nitrogens with zero attached hydrogens (tertiary/aromatic N) is 4. The van der Waals surface area contributed by atoms with Crippen LogP contribution in [0.2, 0.25) is 0 Å². The molecule has 0 aliphatic heterocycles. The average Bonchev–Trinajstić information content (AvgIpc) is 2.63. The Labute approximate surface area is 144 Å². The fourth-order valence-corrected chi connectivity index (χ4v) is 3.35. The van der Waals surface area contributed by atoms with Gasteiger partial charge in [0.05, 0.1) is 12.2 Å². The van der Waals surface area contributed by atoms with Crippen LogP contribution in [0.5, 0.6) is 0 Å². The molecule has 2 heterocycles. The average molecular weight is 325 g/mol. The molecule has 0 unspecified atom stereocenters. The monoisotopic (exact) mass is 325 g/mol. The maximum Gasteiger partial charge on any atom is 0.225 e. The van der Waals surface area contributed by atoms with E-state index in [1.54, 1.807) is 6.20 Å². The molecular formula is C19H27N5. The van der Waals surface area contributed by atoms with Gasteiger partial charge in [0.2, 0.25) is 5.95 Å². The van der Waals surface area contributed by atoms with Crippen molar-refractivity contribution < 1.29 is 0 Å². The van der Waals surface area contributed by atoms with Gasteiger partial charge in [0, 0.05) is 30.5 Å². The number of pyridine rings is 1. The molecule has 0 saturated heterocycles. The van der Waals surface area contributed by atoms with Crippen molar-refractivity contribution in [1.82, 2.24) is 15.0 Å². The zero-order valence-corrected chi connectivity index (χ0v) is 14.9. The first-order valence-electron chi connectivity index (χ1n) is 8.87. The van der Waals surface area contributed by atoms with Crippen molar-refractivity contribution in [3.05, 3.63) is 41.3 Å². The Bertz CT molecular complexity index is 665. The summed E-state index contributed by atoms with van der Waals surface area (Å²) in [7, 11) is 2.17. The molecule has 1 N–H and O–H groups in total. The first-order valence-corrected chi connectivity index (χ1v) is 8.87. The van der Waals surface area contributed by atoms with Crippen molar-refractivity contribution in [2.24, 2.45) is 0 Å². The van der Waals surface area contributed by atoms with E-state index >= 15 is 0 Å². The fourth-order valence-electron chi connectivity index (χ4n) is 3.35. The number of hydrogen-bond acceptors (Lipinski definition) is 5. The van der Waals surface area contributed by atoms with Crippen LogP contribution in [-0.4, -0.2) is 28.0 Å². The molecule has 128 valence electrons. The van der Waals surface area contributed by atoms with E-state index in [1.807, 2.05) is 18.2 Å². The van der Waals surface area contributed by atoms with Crippen molar-refractivity contribution in [2.75, 3.05) is 17.3 Å². The standard InChI is InChI=1S/C19H27N5/c1-14-15(2)22-19(21-13-16-9-7-8-12-20-16)23-18(14)24(3)17-10-5-4-6-11-17/h7-9,12,17H,4-6,10-11,13H2,1-3H3,(H,21,22,23). The lowest BCUT2D eigenvalue weighted by Gasteiger charge is -2.33. The molecule has 2 aromatic heterocycles. The maximum absolute atomic E-state index is 4.80. The Morgan fingerprint density at radius 3 is 2.62 bits per heavy atom. The number of aryl methyl sites for hydroxylation is 1. The number of anilines is 2. The number of nitrogens with one attached hydrogen (secondary N) is 1. The predicted octanol–water partition coefficient (Wildman–Crippen LogP) is 3.87. The number of hydrogen-bond donors (Lipinski definition) is 1. The first kappa shape index (κ1) is 16.7. The maximum atomic E-state index is 4.80. The molecule has 1 saturated carbocycles. The van der Waals surface area contributed by atoms with Crippen molar-refractivity contribution in [2.45, 2.75) is 58.5 Å². The molecule has 0 bridgehead atoms. The van der Waals surface area contributed by atoms with E-state index in [-0.39, 0.29) is 0 Å². The van der Waals surface area contributed by atoms with E-state index in [1.165, 1.54) is 37.7 Å². The van der Waals surface area contributed by atoms with Crippen LogP contribution in [0.25, 0.3) is 0 Å². The number of rotatable bonds is 5. The van der Waals surface area contributed by atoms with Gasteiger partial charge in [-0.05, 0) is 38.8 Å². The third-order valence-electron chi connectivity index (χ3n) is 4.97. The quantitative estimate of drug-likeness (QED) is 0.904. The molecule has 24 heavy (non-hydrogen) atoms. The molecule has 1 aliphatic carbocycles. The highest BCUT2D eigenvalue weighted by Crippen LogP contribution is 2.28. The highest BCUT2D eigenvalue weighted by molar-refractivity contribution is 5.52. The lowest BCUT2D eigenvalue weighted by molar-refractivity contribution is 0.425. The third-order valence-corrected chi connectivity index (χ3v) is 4.97. The first-order chi connectivity index (χ1) is 11.6. The largest absolute Gasteiger partial charge is 0.356 e. The van der Waals surface area contributed by atoms with E-state index < -0.39 is 0 Å². The van der Waals surface area contributed by atoms with E-state index in [4.69, 9.17) is 4.98 Å². The van der Waals surface area contributed by atoms with Gasteiger partial charge in [-0.25, -0.2) is 4.98 Å². The summed E-state index contributed by atoms with van der Waals surface area (Å²) in [5, 5.41) is 3.32. The fraction of sp³-hybridized carbons (Fsp3) is 0.526. The minimum atomic E-state index is 0.593. The van der Waals surface area contributed by atoms with Crippen LogP contribution < -0.4 is 10.2 Å². The van der Waals surface area contributed by atoms with Gasteiger partial charge in [-0.2, -0.15) is 4.98 Å². The van der Waals surface area contributed by atoms with Gasteiger partial charge in [0.15, 0.2) is 0 Å². The van der Waals surface area contributed by atoms with Gasteiger partial charge < -0.3 is 10.2 Å². The van der Waals surface area contributed by atoms with Crippen LogP contribution in [0.15, 0.2) is 24.4 Å². The summed E-state index contributed by atoms with van der Waals surface area (Å²) in [5.74, 6) is 1.74. The summed E-state index contributed by atoms with van der Waals surface area (Å²) in [5.41, 5.74) is 3.19. The van der Waals surface area contributed by atoms with Crippen LogP contribution in [0.4, 0.5) is 11.8 Å². The van der Waals surface area contributed by atoms with Crippen molar-refractivity contribution in [1.29, 1.82) is 0 Å². The normalized spacial score (nSPS) is 15.3. The van der Waals surface area contributed by atoms with Crippen molar-refractivity contribution in [3.8, 4) is 0 Å². The topological polar surface area (TPSA) is 53.9 Å². The summed E-state index contributed by atoms with van der Waals surface area (Å²) in [6.45, 7) is 4.81. The Balaban J connectivity index is 1.77. The lowest BCUT2D eigenvalue weighted by Crippen LogP contribution is -2.34. The van der Waals surface area contributed by atoms with E-state index in [9.17, 15) is 0 Å². The molecule has 5 heteroatoms. The summed E-state index contributed by atoms with van der Waals surface area (Å²) in [6.07, 6.45) is 8.33. The van der Waals surface area contributed by atoms with Crippen LogP contribution >= 0.6 is 0 Å². The van der Waals surface area contributed by atoms with Crippen molar-refractivity contribution in [3.63, 3.8) is 0 Å². The van der Waals surface area contributed by atoms with Crippen LogP contribution in [0.1, 0.15) is 49.1 Å². The second-order valence-electron chi connectivity index (χ2n) is 6.66. The van der Waals surface area contributed by atoms with E-state index in [2.05, 4.69) is 41.1 Å². The van der Waals surface area contributed by atoms with Gasteiger partial charge in [-0.3, -0.25) is 4.98 Å². The molecule has 0 aromatic carbocycles. The van der Waals surface area contributed by atoms with Gasteiger partial charge in [0.1, 0.15) is 5.82 Å². The molecule has 5 nitrogen and oxygen atoms in total. The van der Waals surface area contributed by atoms with Gasteiger partial charge >= 0.3 is 0 Å². The Morgan fingerprint density at radius 1 is 1.12 bits per heavy atom. The summed E-state index contributed by atoms with van der Waals surface area (Å²) in [6, 6.07) is 6.51. The summed E-state index contributed by atoms with van der Waals surface area (Å²) < 4.78 is 0. The SMILES string of the molecule is Cc1nc(NCc2ccccn2)nc(N(C)C2CCCCC2)c1C. The minimum absolute atomic E-state index is 0.593. The van der Waals surface area contributed by atoms with Gasteiger partial charge in [-0.15, -0.1) is 0 Å². The number of aromatic nitrogens is 3. The summed E-state index contributed by atoms with van der Waals surface area (Å²) >= 11 is 0. The zero-order chi connectivity index (χ0) is 16.9. The van der Waals surface area contributed by atoms with Crippen LogP contribution in [-0.2, 0) is 6.54 Å². The van der Waals surface area contributed by atoms with Gasteiger partial charge in [-0.1, -0.05) is 25.3 Å². The summed E-state index contributed by atoms with van der Waals surface area (Å²) in [4.78, 5) is 16.1. The molecule has 3 rings (SSSR count). The second kappa shape index (κ2) is 7.60. The Hall–Kier alpha value is -2.17. The molecule has 0 spiro atoms. The Kier molecular flexibility index (Phi) is 5.28. The smallest absolute Gasteiger partial charge is 0.225 e. The molecule has 1 aliphatic rings. The highest BCUT2D eigenvalue weighted by atomic mass is 15.2. The minimum Gasteiger partial charge on any atom is -0.356 e. The van der Waals surface area contributed by atoms with Crippen LogP contribution in [0, 0.1) is 13.8 Å². The molecule has 0 atom stereocenters.